The SMILES string of the molecule is O=C(Nc1cccnc1)C1(c2nccs2)CCCCC1. The fraction of sp³-hybridized carbons (Fsp3) is 0.400. The van der Waals surface area contributed by atoms with E-state index in [9.17, 15) is 4.79 Å². The standard InChI is InChI=1S/C15H17N3OS/c19-13(18-12-5-4-8-16-11-12)15(6-2-1-3-7-15)14-17-9-10-20-14/h4-5,8-11H,1-3,6-7H2,(H,18,19). The second-order valence-electron chi connectivity index (χ2n) is 5.18. The van der Waals surface area contributed by atoms with E-state index in [-0.39, 0.29) is 5.91 Å². The first-order valence-corrected chi connectivity index (χ1v) is 7.81. The zero-order valence-corrected chi connectivity index (χ0v) is 12.0. The maximum atomic E-state index is 12.8. The van der Waals surface area contributed by atoms with E-state index in [0.717, 1.165) is 36.4 Å². The Labute approximate surface area is 122 Å². The molecule has 4 nitrogen and oxygen atoms in total. The zero-order valence-electron chi connectivity index (χ0n) is 11.2. The summed E-state index contributed by atoms with van der Waals surface area (Å²) in [6.45, 7) is 0. The van der Waals surface area contributed by atoms with Gasteiger partial charge in [0.25, 0.3) is 0 Å². The lowest BCUT2D eigenvalue weighted by atomic mass is 9.73. The maximum Gasteiger partial charge on any atom is 0.237 e. The van der Waals surface area contributed by atoms with Gasteiger partial charge in [-0.1, -0.05) is 19.3 Å². The van der Waals surface area contributed by atoms with Crippen LogP contribution in [0, 0.1) is 0 Å². The molecule has 0 saturated heterocycles. The summed E-state index contributed by atoms with van der Waals surface area (Å²) in [6, 6.07) is 3.69. The molecule has 0 aromatic carbocycles. The van der Waals surface area contributed by atoms with E-state index in [0.29, 0.717) is 0 Å². The van der Waals surface area contributed by atoms with Gasteiger partial charge in [0.1, 0.15) is 10.4 Å². The predicted octanol–water partition coefficient (Wildman–Crippen LogP) is 3.38. The number of pyridine rings is 1. The average Bonchev–Trinajstić information content (AvgIpc) is 3.04. The van der Waals surface area contributed by atoms with Gasteiger partial charge in [0.2, 0.25) is 5.91 Å². The van der Waals surface area contributed by atoms with Crippen LogP contribution in [0.15, 0.2) is 36.1 Å². The molecule has 1 saturated carbocycles. The summed E-state index contributed by atoms with van der Waals surface area (Å²) >= 11 is 1.58. The Morgan fingerprint density at radius 1 is 1.25 bits per heavy atom. The quantitative estimate of drug-likeness (QED) is 0.941. The van der Waals surface area contributed by atoms with Crippen molar-refractivity contribution < 1.29 is 4.79 Å². The zero-order chi connectivity index (χ0) is 13.8. The minimum atomic E-state index is -0.456. The molecule has 104 valence electrons. The molecule has 0 aliphatic heterocycles. The molecular formula is C15H17N3OS. The number of hydrogen-bond acceptors (Lipinski definition) is 4. The van der Waals surface area contributed by atoms with Crippen LogP contribution in [0.2, 0.25) is 0 Å². The molecule has 0 bridgehead atoms. The number of anilines is 1. The minimum Gasteiger partial charge on any atom is -0.324 e. The third kappa shape index (κ3) is 2.45. The van der Waals surface area contributed by atoms with E-state index in [4.69, 9.17) is 0 Å². The number of aromatic nitrogens is 2. The smallest absolute Gasteiger partial charge is 0.237 e. The van der Waals surface area contributed by atoms with Crippen LogP contribution < -0.4 is 5.32 Å². The Kier molecular flexibility index (Phi) is 3.78. The first-order valence-electron chi connectivity index (χ1n) is 6.93. The number of rotatable bonds is 3. The van der Waals surface area contributed by atoms with Crippen LogP contribution in [0.25, 0.3) is 0 Å². The molecule has 2 aromatic rings. The van der Waals surface area contributed by atoms with Gasteiger partial charge in [-0.2, -0.15) is 0 Å². The van der Waals surface area contributed by atoms with Gasteiger partial charge < -0.3 is 5.32 Å². The lowest BCUT2D eigenvalue weighted by Gasteiger charge is -2.33. The van der Waals surface area contributed by atoms with Gasteiger partial charge in [-0.25, -0.2) is 4.98 Å². The number of thiazole rings is 1. The van der Waals surface area contributed by atoms with E-state index in [1.54, 1.807) is 29.9 Å². The monoisotopic (exact) mass is 287 g/mol. The first kappa shape index (κ1) is 13.2. The third-order valence-corrected chi connectivity index (χ3v) is 4.88. The molecule has 0 radical (unpaired) electrons. The predicted molar refractivity (Wildman–Crippen MR) is 79.7 cm³/mol. The molecule has 1 amide bonds. The fourth-order valence-corrected chi connectivity index (χ4v) is 3.74. The summed E-state index contributed by atoms with van der Waals surface area (Å²) in [5, 5.41) is 5.90. The summed E-state index contributed by atoms with van der Waals surface area (Å²) in [5.41, 5.74) is 0.293. The van der Waals surface area contributed by atoms with Crippen LogP contribution in [0.3, 0.4) is 0 Å². The van der Waals surface area contributed by atoms with Crippen LogP contribution in [0.5, 0.6) is 0 Å². The Hall–Kier alpha value is -1.75. The highest BCUT2D eigenvalue weighted by Gasteiger charge is 2.43. The number of amides is 1. The van der Waals surface area contributed by atoms with Crippen molar-refractivity contribution in [1.29, 1.82) is 0 Å². The molecule has 2 heterocycles. The van der Waals surface area contributed by atoms with Gasteiger partial charge in [-0.3, -0.25) is 9.78 Å². The Bertz CT molecular complexity index is 562. The van der Waals surface area contributed by atoms with Crippen molar-refractivity contribution in [3.8, 4) is 0 Å². The van der Waals surface area contributed by atoms with E-state index < -0.39 is 5.41 Å². The second kappa shape index (κ2) is 5.71. The van der Waals surface area contributed by atoms with Crippen molar-refractivity contribution >= 4 is 22.9 Å². The van der Waals surface area contributed by atoms with Crippen LogP contribution in [-0.2, 0) is 10.2 Å². The van der Waals surface area contributed by atoms with Crippen LogP contribution >= 0.6 is 11.3 Å². The highest BCUT2D eigenvalue weighted by molar-refractivity contribution is 7.09. The maximum absolute atomic E-state index is 12.8. The Morgan fingerprint density at radius 2 is 2.10 bits per heavy atom. The van der Waals surface area contributed by atoms with Gasteiger partial charge in [-0.15, -0.1) is 11.3 Å². The highest BCUT2D eigenvalue weighted by Crippen LogP contribution is 2.41. The van der Waals surface area contributed by atoms with Crippen molar-refractivity contribution in [3.63, 3.8) is 0 Å². The number of nitrogens with zero attached hydrogens (tertiary/aromatic N) is 2. The molecule has 5 heteroatoms. The Balaban J connectivity index is 1.88. The molecule has 0 atom stereocenters. The highest BCUT2D eigenvalue weighted by atomic mass is 32.1. The summed E-state index contributed by atoms with van der Waals surface area (Å²) < 4.78 is 0. The normalized spacial score (nSPS) is 17.6. The van der Waals surface area contributed by atoms with Crippen molar-refractivity contribution in [2.75, 3.05) is 5.32 Å². The van der Waals surface area contributed by atoms with E-state index >= 15 is 0 Å². The molecule has 2 aromatic heterocycles. The van der Waals surface area contributed by atoms with Gasteiger partial charge in [0.05, 0.1) is 11.9 Å². The molecular weight excluding hydrogens is 270 g/mol. The second-order valence-corrected chi connectivity index (χ2v) is 6.07. The largest absolute Gasteiger partial charge is 0.324 e. The molecule has 1 aliphatic carbocycles. The lowest BCUT2D eigenvalue weighted by Crippen LogP contribution is -2.42. The summed E-state index contributed by atoms with van der Waals surface area (Å²) in [6.07, 6.45) is 10.3. The molecule has 1 N–H and O–H groups in total. The molecule has 1 aliphatic rings. The third-order valence-electron chi connectivity index (χ3n) is 3.90. The van der Waals surface area contributed by atoms with E-state index in [1.807, 2.05) is 17.5 Å². The molecule has 0 unspecified atom stereocenters. The molecule has 20 heavy (non-hydrogen) atoms. The number of carbonyl (C=O) groups is 1. The number of carbonyl (C=O) groups excluding carboxylic acids is 1. The first-order chi connectivity index (χ1) is 9.81. The van der Waals surface area contributed by atoms with Crippen LogP contribution in [-0.4, -0.2) is 15.9 Å². The summed E-state index contributed by atoms with van der Waals surface area (Å²) in [4.78, 5) is 21.3. The Morgan fingerprint density at radius 3 is 2.75 bits per heavy atom. The fourth-order valence-electron chi connectivity index (χ4n) is 2.84. The molecule has 3 rings (SSSR count). The number of nitrogens with one attached hydrogen (secondary N) is 1. The van der Waals surface area contributed by atoms with E-state index in [2.05, 4.69) is 15.3 Å². The van der Waals surface area contributed by atoms with Gasteiger partial charge in [0, 0.05) is 17.8 Å². The average molecular weight is 287 g/mol. The van der Waals surface area contributed by atoms with Crippen molar-refractivity contribution in [3.05, 3.63) is 41.1 Å². The molecule has 0 spiro atoms. The molecule has 1 fully saturated rings. The van der Waals surface area contributed by atoms with Crippen molar-refractivity contribution in [2.24, 2.45) is 0 Å². The van der Waals surface area contributed by atoms with Gasteiger partial charge in [-0.05, 0) is 25.0 Å². The van der Waals surface area contributed by atoms with Crippen molar-refractivity contribution in [1.82, 2.24) is 9.97 Å². The van der Waals surface area contributed by atoms with Crippen LogP contribution in [0.4, 0.5) is 5.69 Å². The number of hydrogen-bond donors (Lipinski definition) is 1. The van der Waals surface area contributed by atoms with Gasteiger partial charge in [0.15, 0.2) is 0 Å². The minimum absolute atomic E-state index is 0.0557. The van der Waals surface area contributed by atoms with E-state index in [1.165, 1.54) is 6.42 Å². The topological polar surface area (TPSA) is 54.9 Å². The van der Waals surface area contributed by atoms with Crippen molar-refractivity contribution in [2.45, 2.75) is 37.5 Å². The summed E-state index contributed by atoms with van der Waals surface area (Å²) in [5.74, 6) is 0.0557. The lowest BCUT2D eigenvalue weighted by molar-refractivity contribution is -0.122. The van der Waals surface area contributed by atoms with Gasteiger partial charge >= 0.3 is 0 Å². The summed E-state index contributed by atoms with van der Waals surface area (Å²) in [7, 11) is 0. The van der Waals surface area contributed by atoms with Crippen LogP contribution in [0.1, 0.15) is 37.1 Å².